The number of thiophene rings is 1. The molecule has 0 aliphatic carbocycles. The maximum absolute atomic E-state index is 3.95. The van der Waals surface area contributed by atoms with Crippen molar-refractivity contribution in [2.45, 2.75) is 6.92 Å². The first-order chi connectivity index (χ1) is 8.81. The Balaban J connectivity index is 2.41. The normalized spacial score (nSPS) is 10.7. The van der Waals surface area contributed by atoms with E-state index in [2.05, 4.69) is 62.0 Å². The average molecular weight is 250 g/mol. The maximum atomic E-state index is 3.95. The third kappa shape index (κ3) is 1.68. The zero-order valence-electron chi connectivity index (χ0n) is 10.3. The Morgan fingerprint density at radius 2 is 1.72 bits per heavy atom. The van der Waals surface area contributed by atoms with Crippen LogP contribution in [0.4, 0.5) is 0 Å². The Labute approximate surface area is 111 Å². The van der Waals surface area contributed by atoms with Crippen LogP contribution in [0.1, 0.15) is 10.4 Å². The number of rotatable bonds is 2. The van der Waals surface area contributed by atoms with Crippen molar-refractivity contribution in [3.8, 4) is 11.1 Å². The molecule has 0 nitrogen and oxygen atoms in total. The van der Waals surface area contributed by atoms with Gasteiger partial charge in [-0.3, -0.25) is 0 Å². The highest BCUT2D eigenvalue weighted by Crippen LogP contribution is 2.40. The average Bonchev–Trinajstić information content (AvgIpc) is 2.78. The second-order valence-electron chi connectivity index (χ2n) is 4.36. The molecule has 1 heteroatoms. The molecule has 0 amide bonds. The monoisotopic (exact) mass is 250 g/mol. The Morgan fingerprint density at radius 3 is 2.50 bits per heavy atom. The number of benzene rings is 2. The first-order valence-electron chi connectivity index (χ1n) is 6.01. The van der Waals surface area contributed by atoms with Crippen LogP contribution in [0.3, 0.4) is 0 Å². The van der Waals surface area contributed by atoms with Crippen molar-refractivity contribution in [2.75, 3.05) is 0 Å². The predicted octanol–water partition coefficient (Wildman–Crippen LogP) is 5.52. The Hall–Kier alpha value is -1.86. The van der Waals surface area contributed by atoms with Crippen molar-refractivity contribution in [3.05, 3.63) is 65.6 Å². The van der Waals surface area contributed by atoms with Crippen LogP contribution in [0.5, 0.6) is 0 Å². The summed E-state index contributed by atoms with van der Waals surface area (Å²) in [4.78, 5) is 1.26. The molecule has 3 rings (SSSR count). The summed E-state index contributed by atoms with van der Waals surface area (Å²) in [5, 5.41) is 1.33. The van der Waals surface area contributed by atoms with Crippen LogP contribution in [-0.2, 0) is 0 Å². The standard InChI is InChI=1S/C17H14S/c1-3-15-17(13-9-5-4-8-12(13)2)14-10-6-7-11-16(14)18-15/h3-11H,1H2,2H3. The molecule has 0 saturated carbocycles. The zero-order valence-corrected chi connectivity index (χ0v) is 11.1. The minimum atomic E-state index is 1.26. The quantitative estimate of drug-likeness (QED) is 0.561. The van der Waals surface area contributed by atoms with Gasteiger partial charge in [0, 0.05) is 20.5 Å². The third-order valence-corrected chi connectivity index (χ3v) is 4.39. The number of hydrogen-bond donors (Lipinski definition) is 0. The van der Waals surface area contributed by atoms with Gasteiger partial charge in [0.05, 0.1) is 0 Å². The van der Waals surface area contributed by atoms with E-state index in [9.17, 15) is 0 Å². The number of fused-ring (bicyclic) bond motifs is 1. The molecular weight excluding hydrogens is 236 g/mol. The lowest BCUT2D eigenvalue weighted by Crippen LogP contribution is -1.82. The minimum absolute atomic E-state index is 1.26. The van der Waals surface area contributed by atoms with E-state index in [-0.39, 0.29) is 0 Å². The third-order valence-electron chi connectivity index (χ3n) is 3.22. The fraction of sp³-hybridized carbons (Fsp3) is 0.0588. The summed E-state index contributed by atoms with van der Waals surface area (Å²) in [7, 11) is 0. The highest BCUT2D eigenvalue weighted by atomic mass is 32.1. The fourth-order valence-electron chi connectivity index (χ4n) is 2.34. The molecule has 1 aromatic heterocycles. The molecule has 18 heavy (non-hydrogen) atoms. The van der Waals surface area contributed by atoms with Crippen LogP contribution in [-0.4, -0.2) is 0 Å². The van der Waals surface area contributed by atoms with Gasteiger partial charge in [0.1, 0.15) is 0 Å². The van der Waals surface area contributed by atoms with Gasteiger partial charge in [0.25, 0.3) is 0 Å². The Morgan fingerprint density at radius 1 is 1.00 bits per heavy atom. The van der Waals surface area contributed by atoms with Crippen LogP contribution >= 0.6 is 11.3 Å². The molecule has 2 aromatic carbocycles. The van der Waals surface area contributed by atoms with Crippen LogP contribution in [0.15, 0.2) is 55.1 Å². The molecule has 0 unspecified atom stereocenters. The van der Waals surface area contributed by atoms with E-state index in [1.807, 2.05) is 17.4 Å². The molecule has 0 aliphatic rings. The first kappa shape index (κ1) is 11.2. The zero-order chi connectivity index (χ0) is 12.5. The lowest BCUT2D eigenvalue weighted by molar-refractivity contribution is 1.47. The van der Waals surface area contributed by atoms with E-state index in [1.165, 1.54) is 31.7 Å². The van der Waals surface area contributed by atoms with Crippen LogP contribution in [0, 0.1) is 6.92 Å². The molecule has 0 saturated heterocycles. The van der Waals surface area contributed by atoms with Crippen molar-refractivity contribution in [3.63, 3.8) is 0 Å². The van der Waals surface area contributed by atoms with Crippen molar-refractivity contribution < 1.29 is 0 Å². The highest BCUT2D eigenvalue weighted by Gasteiger charge is 2.12. The van der Waals surface area contributed by atoms with E-state index < -0.39 is 0 Å². The van der Waals surface area contributed by atoms with E-state index in [0.29, 0.717) is 0 Å². The van der Waals surface area contributed by atoms with Gasteiger partial charge in [0.15, 0.2) is 0 Å². The molecule has 0 spiro atoms. The van der Waals surface area contributed by atoms with E-state index in [1.54, 1.807) is 0 Å². The lowest BCUT2D eigenvalue weighted by Gasteiger charge is -2.06. The number of hydrogen-bond acceptors (Lipinski definition) is 1. The van der Waals surface area contributed by atoms with Crippen LogP contribution < -0.4 is 0 Å². The predicted molar refractivity (Wildman–Crippen MR) is 82.1 cm³/mol. The van der Waals surface area contributed by atoms with Gasteiger partial charge in [-0.05, 0) is 24.1 Å². The summed E-state index contributed by atoms with van der Waals surface area (Å²) in [5.74, 6) is 0. The summed E-state index contributed by atoms with van der Waals surface area (Å²) in [5.41, 5.74) is 3.94. The second-order valence-corrected chi connectivity index (χ2v) is 5.44. The van der Waals surface area contributed by atoms with Gasteiger partial charge in [-0.25, -0.2) is 0 Å². The van der Waals surface area contributed by atoms with Crippen LogP contribution in [0.2, 0.25) is 0 Å². The van der Waals surface area contributed by atoms with Gasteiger partial charge in [0.2, 0.25) is 0 Å². The van der Waals surface area contributed by atoms with E-state index in [4.69, 9.17) is 0 Å². The molecular formula is C17H14S. The number of aryl methyl sites for hydroxylation is 1. The molecule has 0 bridgehead atoms. The molecule has 0 atom stereocenters. The van der Waals surface area contributed by atoms with Gasteiger partial charge >= 0.3 is 0 Å². The second kappa shape index (κ2) is 4.43. The fourth-order valence-corrected chi connectivity index (χ4v) is 3.41. The van der Waals surface area contributed by atoms with Gasteiger partial charge in [-0.1, -0.05) is 55.1 Å². The van der Waals surface area contributed by atoms with Crippen LogP contribution in [0.25, 0.3) is 27.3 Å². The molecule has 0 fully saturated rings. The van der Waals surface area contributed by atoms with Gasteiger partial charge in [-0.15, -0.1) is 11.3 Å². The topological polar surface area (TPSA) is 0 Å². The van der Waals surface area contributed by atoms with Gasteiger partial charge in [-0.2, -0.15) is 0 Å². The summed E-state index contributed by atoms with van der Waals surface area (Å²) >= 11 is 1.81. The molecule has 3 aromatic rings. The summed E-state index contributed by atoms with van der Waals surface area (Å²) in [6.07, 6.45) is 1.96. The van der Waals surface area contributed by atoms with Gasteiger partial charge < -0.3 is 0 Å². The summed E-state index contributed by atoms with van der Waals surface area (Å²) in [6, 6.07) is 17.1. The minimum Gasteiger partial charge on any atom is -0.135 e. The summed E-state index contributed by atoms with van der Waals surface area (Å²) < 4.78 is 1.32. The molecule has 1 heterocycles. The molecule has 0 aliphatic heterocycles. The largest absolute Gasteiger partial charge is 0.135 e. The smallest absolute Gasteiger partial charge is 0.0355 e. The van der Waals surface area contributed by atoms with Crippen molar-refractivity contribution in [2.24, 2.45) is 0 Å². The van der Waals surface area contributed by atoms with E-state index in [0.717, 1.165) is 0 Å². The maximum Gasteiger partial charge on any atom is 0.0355 e. The molecule has 0 N–H and O–H groups in total. The van der Waals surface area contributed by atoms with Crippen molar-refractivity contribution >= 4 is 27.5 Å². The Kier molecular flexibility index (Phi) is 2.77. The van der Waals surface area contributed by atoms with E-state index >= 15 is 0 Å². The SMILES string of the molecule is C=Cc1sc2ccccc2c1-c1ccccc1C. The lowest BCUT2D eigenvalue weighted by atomic mass is 9.98. The molecule has 88 valence electrons. The van der Waals surface area contributed by atoms with Crippen molar-refractivity contribution in [1.82, 2.24) is 0 Å². The first-order valence-corrected chi connectivity index (χ1v) is 6.83. The Bertz CT molecular complexity index is 719. The molecule has 0 radical (unpaired) electrons. The van der Waals surface area contributed by atoms with Crippen molar-refractivity contribution in [1.29, 1.82) is 0 Å². The summed E-state index contributed by atoms with van der Waals surface area (Å²) in [6.45, 7) is 6.11. The highest BCUT2D eigenvalue weighted by molar-refractivity contribution is 7.20.